The van der Waals surface area contributed by atoms with Crippen molar-refractivity contribution in [3.8, 4) is 11.8 Å². The highest BCUT2D eigenvalue weighted by molar-refractivity contribution is 7.48. The maximum absolute atomic E-state index is 12.3. The molecular formula is C20H38NO6PSi. The van der Waals surface area contributed by atoms with Gasteiger partial charge in [0.2, 0.25) is 5.91 Å². The summed E-state index contributed by atoms with van der Waals surface area (Å²) in [5.41, 5.74) is 0. The molecule has 29 heavy (non-hydrogen) atoms. The zero-order chi connectivity index (χ0) is 22.5. The Kier molecular flexibility index (Phi) is 9.60. The Balaban J connectivity index is 2.69. The van der Waals surface area contributed by atoms with Crippen molar-refractivity contribution in [2.75, 3.05) is 19.8 Å². The van der Waals surface area contributed by atoms with E-state index in [1.165, 1.54) is 0 Å². The molecule has 1 saturated heterocycles. The lowest BCUT2D eigenvalue weighted by molar-refractivity contribution is -0.141. The second-order valence-corrected chi connectivity index (χ2v) is 15.2. The summed E-state index contributed by atoms with van der Waals surface area (Å²) < 4.78 is 34.0. The third-order valence-corrected chi connectivity index (χ3v) is 11.7. The highest BCUT2D eigenvalue weighted by Crippen LogP contribution is 2.48. The lowest BCUT2D eigenvalue weighted by Crippen LogP contribution is -2.65. The molecule has 4 atom stereocenters. The fourth-order valence-corrected chi connectivity index (χ4v) is 5.41. The Labute approximate surface area is 177 Å². The first-order valence-electron chi connectivity index (χ1n) is 10.3. The minimum atomic E-state index is -3.56. The van der Waals surface area contributed by atoms with Crippen LogP contribution in [-0.4, -0.2) is 46.2 Å². The fraction of sp³-hybridized carbons (Fsp3) is 0.850. The van der Waals surface area contributed by atoms with Gasteiger partial charge in [-0.1, -0.05) is 32.6 Å². The molecule has 1 amide bonds. The Morgan fingerprint density at radius 2 is 1.69 bits per heavy atom. The van der Waals surface area contributed by atoms with Crippen molar-refractivity contribution in [1.29, 1.82) is 0 Å². The summed E-state index contributed by atoms with van der Waals surface area (Å²) in [5, 5.41) is 3.02. The molecule has 1 rings (SSSR count). The van der Waals surface area contributed by atoms with E-state index >= 15 is 0 Å². The van der Waals surface area contributed by atoms with E-state index in [9.17, 15) is 9.36 Å². The van der Waals surface area contributed by atoms with Crippen LogP contribution < -0.4 is 5.32 Å². The molecule has 0 aromatic heterocycles. The highest BCUT2D eigenvalue weighted by atomic mass is 31.2. The van der Waals surface area contributed by atoms with Gasteiger partial charge in [0.05, 0.1) is 31.3 Å². The average Bonchev–Trinajstić information content (AvgIpc) is 2.55. The molecule has 1 heterocycles. The van der Waals surface area contributed by atoms with Crippen molar-refractivity contribution in [3.63, 3.8) is 0 Å². The average molecular weight is 448 g/mol. The summed E-state index contributed by atoms with van der Waals surface area (Å²) >= 11 is 0. The van der Waals surface area contributed by atoms with Crippen LogP contribution in [0.2, 0.25) is 18.1 Å². The van der Waals surface area contributed by atoms with Gasteiger partial charge < -0.3 is 9.74 Å². The molecule has 0 bridgehead atoms. The number of phosphoric acid groups is 1. The van der Waals surface area contributed by atoms with Crippen molar-refractivity contribution in [2.45, 2.75) is 78.7 Å². The molecule has 1 aliphatic heterocycles. The molecule has 1 aliphatic rings. The van der Waals surface area contributed by atoms with Gasteiger partial charge in [0.1, 0.15) is 6.61 Å². The summed E-state index contributed by atoms with van der Waals surface area (Å²) in [6.45, 7) is 18.7. The van der Waals surface area contributed by atoms with E-state index in [1.807, 2.05) is 13.8 Å². The van der Waals surface area contributed by atoms with Gasteiger partial charge >= 0.3 is 7.82 Å². The first-order valence-corrected chi connectivity index (χ1v) is 14.6. The van der Waals surface area contributed by atoms with Gasteiger partial charge in [0.25, 0.3) is 0 Å². The van der Waals surface area contributed by atoms with E-state index in [0.29, 0.717) is 0 Å². The Morgan fingerprint density at radius 1 is 1.14 bits per heavy atom. The van der Waals surface area contributed by atoms with Gasteiger partial charge in [-0.05, 0) is 45.8 Å². The normalized spacial score (nSPS) is 22.2. The summed E-state index contributed by atoms with van der Waals surface area (Å²) in [5.74, 6) is 5.62. The van der Waals surface area contributed by atoms with Gasteiger partial charge in [0.15, 0.2) is 8.32 Å². The van der Waals surface area contributed by atoms with Crippen LogP contribution in [0.15, 0.2) is 0 Å². The van der Waals surface area contributed by atoms with Crippen LogP contribution in [0.1, 0.15) is 48.5 Å². The van der Waals surface area contributed by atoms with Gasteiger partial charge in [-0.25, -0.2) is 4.57 Å². The number of carbonyl (C=O) groups is 1. The molecule has 0 radical (unpaired) electrons. The number of β-lactam (4-membered cyclic amide) rings is 1. The van der Waals surface area contributed by atoms with Gasteiger partial charge in [-0.2, -0.15) is 0 Å². The predicted octanol–water partition coefficient (Wildman–Crippen LogP) is 4.35. The van der Waals surface area contributed by atoms with Gasteiger partial charge in [-0.3, -0.25) is 18.4 Å². The van der Waals surface area contributed by atoms with Crippen molar-refractivity contribution in [2.24, 2.45) is 11.8 Å². The Morgan fingerprint density at radius 3 is 2.14 bits per heavy atom. The van der Waals surface area contributed by atoms with E-state index in [4.69, 9.17) is 18.0 Å². The largest absolute Gasteiger partial charge is 0.475 e. The third kappa shape index (κ3) is 7.20. The summed E-state index contributed by atoms with van der Waals surface area (Å²) in [6.07, 6.45) is -0.175. The number of nitrogens with one attached hydrogen (secondary N) is 1. The van der Waals surface area contributed by atoms with Crippen LogP contribution in [-0.2, 0) is 27.4 Å². The molecule has 1 fully saturated rings. The number of rotatable bonds is 10. The van der Waals surface area contributed by atoms with E-state index in [1.54, 1.807) is 13.8 Å². The Bertz CT molecular complexity index is 656. The van der Waals surface area contributed by atoms with E-state index in [-0.39, 0.29) is 54.7 Å². The lowest BCUT2D eigenvalue weighted by atomic mass is 9.79. The summed E-state index contributed by atoms with van der Waals surface area (Å²) in [7, 11) is -5.53. The maximum Gasteiger partial charge on any atom is 0.475 e. The van der Waals surface area contributed by atoms with E-state index in [2.05, 4.69) is 51.0 Å². The minimum absolute atomic E-state index is 0.00306. The lowest BCUT2D eigenvalue weighted by Gasteiger charge is -2.46. The monoisotopic (exact) mass is 447 g/mol. The molecule has 0 aromatic carbocycles. The predicted molar refractivity (Wildman–Crippen MR) is 117 cm³/mol. The van der Waals surface area contributed by atoms with Gasteiger partial charge in [-0.15, -0.1) is 0 Å². The van der Waals surface area contributed by atoms with Crippen LogP contribution in [0.25, 0.3) is 0 Å². The molecule has 0 spiro atoms. The topological polar surface area (TPSA) is 83.1 Å². The number of hydrogen-bond donors (Lipinski definition) is 1. The number of carbonyl (C=O) groups excluding carboxylic acids is 1. The molecule has 0 aromatic rings. The number of hydrogen-bond acceptors (Lipinski definition) is 6. The SMILES string of the molecule is CCOP(=O)(OCC)OCC#C[C@H](C)[C@H]1NC(=O)[C@@H]1[C@@H](C)O[Si](C)(C)C(C)(C)C. The highest BCUT2D eigenvalue weighted by Gasteiger charge is 2.48. The van der Waals surface area contributed by atoms with Crippen LogP contribution in [0, 0.1) is 23.7 Å². The van der Waals surface area contributed by atoms with Crippen LogP contribution >= 0.6 is 7.82 Å². The molecule has 7 nitrogen and oxygen atoms in total. The molecule has 1 N–H and O–H groups in total. The molecule has 0 unspecified atom stereocenters. The smallest absolute Gasteiger partial charge is 0.413 e. The minimum Gasteiger partial charge on any atom is -0.413 e. The zero-order valence-electron chi connectivity index (χ0n) is 19.3. The molecule has 168 valence electrons. The maximum atomic E-state index is 12.3. The van der Waals surface area contributed by atoms with E-state index < -0.39 is 16.1 Å². The molecular weight excluding hydrogens is 409 g/mol. The van der Waals surface area contributed by atoms with Crippen LogP contribution in [0.4, 0.5) is 0 Å². The second kappa shape index (κ2) is 10.6. The van der Waals surface area contributed by atoms with Crippen molar-refractivity contribution in [3.05, 3.63) is 0 Å². The number of amides is 1. The standard InChI is InChI=1S/C20H38NO6PSi/c1-10-24-28(23,25-11-2)26-14-12-13-15(3)18-17(19(22)21-18)16(4)27-29(8,9)20(5,6)7/h15-18H,10-11,14H2,1-9H3,(H,21,22)/t15-,16+,17+,18+/m0/s1. The molecule has 0 saturated carbocycles. The number of phosphoric ester groups is 1. The van der Waals surface area contributed by atoms with Crippen molar-refractivity contribution in [1.82, 2.24) is 5.32 Å². The van der Waals surface area contributed by atoms with Crippen LogP contribution in [0.5, 0.6) is 0 Å². The summed E-state index contributed by atoms with van der Waals surface area (Å²) in [6, 6.07) is -0.0830. The van der Waals surface area contributed by atoms with E-state index in [0.717, 1.165) is 0 Å². The van der Waals surface area contributed by atoms with Crippen LogP contribution in [0.3, 0.4) is 0 Å². The quantitative estimate of drug-likeness (QED) is 0.232. The summed E-state index contributed by atoms with van der Waals surface area (Å²) in [4.78, 5) is 12.2. The molecule has 9 heteroatoms. The fourth-order valence-electron chi connectivity index (χ4n) is 2.90. The van der Waals surface area contributed by atoms with Gasteiger partial charge in [0, 0.05) is 5.92 Å². The molecule has 0 aliphatic carbocycles. The third-order valence-electron chi connectivity index (χ3n) is 5.53. The second-order valence-electron chi connectivity index (χ2n) is 8.81. The Hall–Kier alpha value is -0.683. The van der Waals surface area contributed by atoms with Crippen molar-refractivity contribution >= 4 is 22.0 Å². The first kappa shape index (κ1) is 26.4. The first-order chi connectivity index (χ1) is 13.3. The zero-order valence-corrected chi connectivity index (χ0v) is 21.2. The van der Waals surface area contributed by atoms with Crippen molar-refractivity contribution < 1.29 is 27.4 Å².